The number of aryl methyl sites for hydroxylation is 1. The Morgan fingerprint density at radius 1 is 1.46 bits per heavy atom. The van der Waals surface area contributed by atoms with Gasteiger partial charge in [0.1, 0.15) is 0 Å². The summed E-state index contributed by atoms with van der Waals surface area (Å²) in [6.07, 6.45) is 0.878. The van der Waals surface area contributed by atoms with Crippen molar-refractivity contribution < 1.29 is 0 Å². The second-order valence-electron chi connectivity index (χ2n) is 2.81. The van der Waals surface area contributed by atoms with Crippen LogP contribution in [-0.2, 0) is 0 Å². The molecule has 0 radical (unpaired) electrons. The van der Waals surface area contributed by atoms with Crippen molar-refractivity contribution in [1.29, 1.82) is 0 Å². The quantitative estimate of drug-likeness (QED) is 0.454. The maximum atomic E-state index is 5.69. The van der Waals surface area contributed by atoms with Gasteiger partial charge in [-0.2, -0.15) is 0 Å². The maximum Gasteiger partial charge on any atom is 0.0344 e. The Morgan fingerprint density at radius 3 is 2.85 bits per heavy atom. The number of nitrogens with two attached hydrogens (primary N) is 1. The van der Waals surface area contributed by atoms with Gasteiger partial charge in [-0.1, -0.05) is 27.8 Å². The van der Waals surface area contributed by atoms with Gasteiger partial charge in [0.2, 0.25) is 0 Å². The Morgan fingerprint density at radius 2 is 2.23 bits per heavy atom. The first-order valence-electron chi connectivity index (χ1n) is 4.15. The number of benzene rings is 1. The van der Waals surface area contributed by atoms with Crippen molar-refractivity contribution in [1.82, 2.24) is 0 Å². The zero-order valence-corrected chi connectivity index (χ0v) is 9.19. The highest BCUT2D eigenvalue weighted by Crippen LogP contribution is 2.11. The van der Waals surface area contributed by atoms with Gasteiger partial charge < -0.3 is 5.73 Å². The van der Waals surface area contributed by atoms with Crippen molar-refractivity contribution in [2.75, 3.05) is 11.1 Å². The van der Waals surface area contributed by atoms with E-state index in [2.05, 4.69) is 27.8 Å². The summed E-state index contributed by atoms with van der Waals surface area (Å²) in [5, 5.41) is 0.925. The summed E-state index contributed by atoms with van der Waals surface area (Å²) in [4.78, 5) is 0. The number of rotatable bonds is 1. The summed E-state index contributed by atoms with van der Waals surface area (Å²) in [7, 11) is 0. The lowest BCUT2D eigenvalue weighted by atomic mass is 10.1. The standard InChI is InChI=1S/C11H12BrN/c1-9-8-10(4-2-3-7-12)5-6-11(9)13/h5-6,8H,3,7,13H2,1H3. The van der Waals surface area contributed by atoms with E-state index in [1.54, 1.807) is 0 Å². The van der Waals surface area contributed by atoms with Crippen molar-refractivity contribution in [2.24, 2.45) is 0 Å². The zero-order chi connectivity index (χ0) is 9.68. The molecular formula is C11H12BrN. The summed E-state index contributed by atoms with van der Waals surface area (Å²) in [6, 6.07) is 5.85. The van der Waals surface area contributed by atoms with Crippen LogP contribution in [-0.4, -0.2) is 5.33 Å². The summed E-state index contributed by atoms with van der Waals surface area (Å²) in [6.45, 7) is 1.99. The molecule has 0 saturated heterocycles. The Kier molecular flexibility index (Phi) is 3.85. The number of hydrogen-bond acceptors (Lipinski definition) is 1. The number of hydrogen-bond donors (Lipinski definition) is 1. The fraction of sp³-hybridized carbons (Fsp3) is 0.273. The van der Waals surface area contributed by atoms with Gasteiger partial charge in [0, 0.05) is 23.0 Å². The Balaban J connectivity index is 2.81. The van der Waals surface area contributed by atoms with Crippen molar-refractivity contribution in [3.63, 3.8) is 0 Å². The molecule has 13 heavy (non-hydrogen) atoms. The van der Waals surface area contributed by atoms with E-state index in [1.807, 2.05) is 25.1 Å². The largest absolute Gasteiger partial charge is 0.399 e. The van der Waals surface area contributed by atoms with Crippen molar-refractivity contribution in [2.45, 2.75) is 13.3 Å². The molecule has 0 amide bonds. The summed E-state index contributed by atoms with van der Waals surface area (Å²) < 4.78 is 0. The van der Waals surface area contributed by atoms with Gasteiger partial charge in [-0.3, -0.25) is 0 Å². The lowest BCUT2D eigenvalue weighted by Gasteiger charge is -1.98. The molecule has 1 nitrogen and oxygen atoms in total. The van der Waals surface area contributed by atoms with Crippen molar-refractivity contribution >= 4 is 21.6 Å². The van der Waals surface area contributed by atoms with Crippen LogP contribution in [0.4, 0.5) is 5.69 Å². The summed E-state index contributed by atoms with van der Waals surface area (Å²) in [5.74, 6) is 6.14. The zero-order valence-electron chi connectivity index (χ0n) is 7.60. The molecule has 68 valence electrons. The fourth-order valence-corrected chi connectivity index (χ4v) is 1.16. The number of nitrogen functional groups attached to an aromatic ring is 1. The first-order valence-corrected chi connectivity index (χ1v) is 5.27. The molecule has 0 aromatic heterocycles. The molecule has 0 fully saturated rings. The predicted octanol–water partition coefficient (Wildman–Crippen LogP) is 2.71. The molecule has 0 aliphatic rings. The highest BCUT2D eigenvalue weighted by Gasteiger charge is 1.92. The Labute approximate surface area is 87.5 Å². The first kappa shape index (κ1) is 10.1. The SMILES string of the molecule is Cc1cc(C#CCCBr)ccc1N. The minimum atomic E-state index is 0.825. The molecule has 1 aromatic rings. The molecule has 0 unspecified atom stereocenters. The van der Waals surface area contributed by atoms with Crippen LogP contribution in [0.3, 0.4) is 0 Å². The smallest absolute Gasteiger partial charge is 0.0344 e. The van der Waals surface area contributed by atoms with E-state index < -0.39 is 0 Å². The average Bonchev–Trinajstić information content (AvgIpc) is 2.12. The van der Waals surface area contributed by atoms with Crippen LogP contribution < -0.4 is 5.73 Å². The van der Waals surface area contributed by atoms with Gasteiger partial charge in [0.15, 0.2) is 0 Å². The summed E-state index contributed by atoms with van der Waals surface area (Å²) in [5.41, 5.74) is 8.64. The molecule has 0 aliphatic heterocycles. The van der Waals surface area contributed by atoms with Crippen molar-refractivity contribution in [3.05, 3.63) is 29.3 Å². The number of halogens is 1. The van der Waals surface area contributed by atoms with E-state index in [0.29, 0.717) is 0 Å². The molecule has 2 heteroatoms. The van der Waals surface area contributed by atoms with E-state index >= 15 is 0 Å². The number of anilines is 1. The topological polar surface area (TPSA) is 26.0 Å². The fourth-order valence-electron chi connectivity index (χ4n) is 0.965. The highest BCUT2D eigenvalue weighted by atomic mass is 79.9. The molecule has 0 heterocycles. The van der Waals surface area contributed by atoms with Crippen LogP contribution in [0.15, 0.2) is 18.2 Å². The molecule has 1 aromatic carbocycles. The van der Waals surface area contributed by atoms with Gasteiger partial charge in [-0.25, -0.2) is 0 Å². The minimum absolute atomic E-state index is 0.825. The van der Waals surface area contributed by atoms with Gasteiger partial charge in [0.05, 0.1) is 0 Å². The highest BCUT2D eigenvalue weighted by molar-refractivity contribution is 9.09. The molecular weight excluding hydrogens is 226 g/mol. The second-order valence-corrected chi connectivity index (χ2v) is 3.61. The average molecular weight is 238 g/mol. The second kappa shape index (κ2) is 4.94. The third-order valence-electron chi connectivity index (χ3n) is 1.72. The van der Waals surface area contributed by atoms with Crippen LogP contribution in [0.2, 0.25) is 0 Å². The van der Waals surface area contributed by atoms with Gasteiger partial charge >= 0.3 is 0 Å². The van der Waals surface area contributed by atoms with Gasteiger partial charge in [-0.15, -0.1) is 0 Å². The van der Waals surface area contributed by atoms with Crippen LogP contribution in [0, 0.1) is 18.8 Å². The Bertz CT molecular complexity index is 347. The monoisotopic (exact) mass is 237 g/mol. The summed E-state index contributed by atoms with van der Waals surface area (Å²) >= 11 is 3.33. The van der Waals surface area contributed by atoms with E-state index in [4.69, 9.17) is 5.73 Å². The van der Waals surface area contributed by atoms with Crippen LogP contribution >= 0.6 is 15.9 Å². The van der Waals surface area contributed by atoms with E-state index in [0.717, 1.165) is 28.6 Å². The first-order chi connectivity index (χ1) is 6.24. The molecule has 0 spiro atoms. The van der Waals surface area contributed by atoms with Crippen LogP contribution in [0.5, 0.6) is 0 Å². The van der Waals surface area contributed by atoms with E-state index in [9.17, 15) is 0 Å². The lowest BCUT2D eigenvalue weighted by Crippen LogP contribution is -1.89. The minimum Gasteiger partial charge on any atom is -0.399 e. The predicted molar refractivity (Wildman–Crippen MR) is 60.9 cm³/mol. The molecule has 0 aliphatic carbocycles. The molecule has 2 N–H and O–H groups in total. The molecule has 1 rings (SSSR count). The normalized spacial score (nSPS) is 9.08. The third-order valence-corrected chi connectivity index (χ3v) is 2.12. The Hall–Kier alpha value is -0.940. The number of alkyl halides is 1. The van der Waals surface area contributed by atoms with E-state index in [1.165, 1.54) is 0 Å². The van der Waals surface area contributed by atoms with Crippen LogP contribution in [0.1, 0.15) is 17.5 Å². The van der Waals surface area contributed by atoms with Gasteiger partial charge in [0.25, 0.3) is 0 Å². The van der Waals surface area contributed by atoms with Crippen LogP contribution in [0.25, 0.3) is 0 Å². The lowest BCUT2D eigenvalue weighted by molar-refractivity contribution is 1.32. The maximum absolute atomic E-state index is 5.69. The third kappa shape index (κ3) is 3.12. The van der Waals surface area contributed by atoms with Gasteiger partial charge in [-0.05, 0) is 30.7 Å². The van der Waals surface area contributed by atoms with E-state index in [-0.39, 0.29) is 0 Å². The molecule has 0 saturated carbocycles. The van der Waals surface area contributed by atoms with Crippen molar-refractivity contribution in [3.8, 4) is 11.8 Å². The molecule has 0 atom stereocenters. The molecule has 0 bridgehead atoms.